The fraction of sp³-hybridized carbons (Fsp3) is 0.381. The Hall–Kier alpha value is -1.99. The van der Waals surface area contributed by atoms with Gasteiger partial charge in [-0.2, -0.15) is 0 Å². The molecule has 150 valence electrons. The van der Waals surface area contributed by atoms with E-state index < -0.39 is 0 Å². The van der Waals surface area contributed by atoms with Crippen molar-refractivity contribution in [1.29, 1.82) is 0 Å². The van der Waals surface area contributed by atoms with Gasteiger partial charge in [0.15, 0.2) is 11.5 Å². The summed E-state index contributed by atoms with van der Waals surface area (Å²) in [5, 5.41) is 2.95. The summed E-state index contributed by atoms with van der Waals surface area (Å²) in [7, 11) is 4.75. The maximum absolute atomic E-state index is 12.6. The molecule has 1 amide bonds. The lowest BCUT2D eigenvalue weighted by molar-refractivity contribution is 0.0950. The summed E-state index contributed by atoms with van der Waals surface area (Å²) in [5.74, 6) is 4.11. The van der Waals surface area contributed by atoms with Crippen molar-refractivity contribution in [2.45, 2.75) is 17.5 Å². The summed E-state index contributed by atoms with van der Waals surface area (Å²) in [6.45, 7) is 0.332. The van der Waals surface area contributed by atoms with Crippen molar-refractivity contribution in [2.75, 3.05) is 32.8 Å². The van der Waals surface area contributed by atoms with Crippen molar-refractivity contribution in [1.82, 2.24) is 5.32 Å². The Morgan fingerprint density at radius 2 is 1.57 bits per heavy atom. The number of nitrogens with one attached hydrogen (secondary N) is 1. The molecule has 0 saturated carbocycles. The molecule has 28 heavy (non-hydrogen) atoms. The van der Waals surface area contributed by atoms with E-state index in [2.05, 4.69) is 17.4 Å². The van der Waals surface area contributed by atoms with Crippen LogP contribution in [0.3, 0.4) is 0 Å². The first-order chi connectivity index (χ1) is 13.7. The van der Waals surface area contributed by atoms with E-state index in [0.717, 1.165) is 5.56 Å². The summed E-state index contributed by atoms with van der Waals surface area (Å²) in [5.41, 5.74) is 2.74. The van der Waals surface area contributed by atoms with E-state index in [9.17, 15) is 4.79 Å². The molecule has 2 aromatic rings. The molecule has 5 nitrogen and oxygen atoms in total. The number of methoxy groups -OCH3 is 3. The molecule has 0 radical (unpaired) electrons. The van der Waals surface area contributed by atoms with E-state index in [1.54, 1.807) is 27.4 Å². The molecule has 1 saturated heterocycles. The number of hydrogen-bond acceptors (Lipinski definition) is 6. The predicted octanol–water partition coefficient (Wildman–Crippen LogP) is 4.51. The smallest absolute Gasteiger partial charge is 0.251 e. The quantitative estimate of drug-likeness (QED) is 0.713. The Labute approximate surface area is 174 Å². The maximum Gasteiger partial charge on any atom is 0.251 e. The SMILES string of the molecule is COc1cc(OC)c(OC)cc1CNC(=O)c1ccc(C2SCCCS2)cc1. The van der Waals surface area contributed by atoms with Gasteiger partial charge >= 0.3 is 0 Å². The van der Waals surface area contributed by atoms with E-state index in [-0.39, 0.29) is 5.91 Å². The Kier molecular flexibility index (Phi) is 7.39. The first-order valence-electron chi connectivity index (χ1n) is 9.06. The van der Waals surface area contributed by atoms with Gasteiger partial charge in [-0.25, -0.2) is 0 Å². The van der Waals surface area contributed by atoms with Gasteiger partial charge in [-0.1, -0.05) is 12.1 Å². The van der Waals surface area contributed by atoms with Crippen LogP contribution in [0.15, 0.2) is 36.4 Å². The molecule has 0 spiro atoms. The second kappa shape index (κ2) is 9.98. The molecule has 7 heteroatoms. The summed E-state index contributed by atoms with van der Waals surface area (Å²) < 4.78 is 16.5. The van der Waals surface area contributed by atoms with E-state index >= 15 is 0 Å². The van der Waals surface area contributed by atoms with Gasteiger partial charge in [0.05, 0.1) is 25.9 Å². The number of carbonyl (C=O) groups is 1. The normalized spacial score (nSPS) is 14.4. The molecule has 0 atom stereocenters. The molecule has 1 aliphatic rings. The average molecular weight is 420 g/mol. The molecule has 1 N–H and O–H groups in total. The number of benzene rings is 2. The molecule has 0 unspecified atom stereocenters. The first-order valence-corrected chi connectivity index (χ1v) is 11.2. The highest BCUT2D eigenvalue weighted by Gasteiger charge is 2.17. The Balaban J connectivity index is 1.66. The molecule has 3 rings (SSSR count). The zero-order valence-electron chi connectivity index (χ0n) is 16.3. The summed E-state index contributed by atoms with van der Waals surface area (Å²) in [6.07, 6.45) is 1.27. The number of amides is 1. The number of ether oxygens (including phenoxy) is 3. The molecular weight excluding hydrogens is 394 g/mol. The summed E-state index contributed by atoms with van der Waals surface area (Å²) >= 11 is 3.95. The number of hydrogen-bond donors (Lipinski definition) is 1. The lowest BCUT2D eigenvalue weighted by Crippen LogP contribution is -2.23. The molecule has 1 fully saturated rings. The fourth-order valence-corrected chi connectivity index (χ4v) is 5.87. The van der Waals surface area contributed by atoms with E-state index in [1.807, 2.05) is 41.7 Å². The maximum atomic E-state index is 12.6. The highest BCUT2D eigenvalue weighted by molar-refractivity contribution is 8.16. The third-order valence-corrected chi connectivity index (χ3v) is 7.51. The van der Waals surface area contributed by atoms with Crippen molar-refractivity contribution in [3.8, 4) is 17.2 Å². The van der Waals surface area contributed by atoms with E-state index in [1.165, 1.54) is 23.5 Å². The van der Waals surface area contributed by atoms with Gasteiger partial charge in [0.2, 0.25) is 0 Å². The van der Waals surface area contributed by atoms with Crippen LogP contribution in [-0.2, 0) is 6.54 Å². The van der Waals surface area contributed by atoms with Gasteiger partial charge in [-0.3, -0.25) is 4.79 Å². The topological polar surface area (TPSA) is 56.8 Å². The second-order valence-corrected chi connectivity index (χ2v) is 8.98. The largest absolute Gasteiger partial charge is 0.496 e. The van der Waals surface area contributed by atoms with Crippen LogP contribution in [-0.4, -0.2) is 38.7 Å². The minimum Gasteiger partial charge on any atom is -0.496 e. The number of carbonyl (C=O) groups excluding carboxylic acids is 1. The molecule has 1 heterocycles. The Bertz CT molecular complexity index is 805. The van der Waals surface area contributed by atoms with Crippen molar-refractivity contribution in [2.24, 2.45) is 0 Å². The van der Waals surface area contributed by atoms with Crippen molar-refractivity contribution in [3.05, 3.63) is 53.1 Å². The lowest BCUT2D eigenvalue weighted by atomic mass is 10.1. The number of thioether (sulfide) groups is 2. The van der Waals surface area contributed by atoms with Crippen molar-refractivity contribution < 1.29 is 19.0 Å². The molecule has 0 aliphatic carbocycles. The van der Waals surface area contributed by atoms with Gasteiger partial charge in [0.25, 0.3) is 5.91 Å². The fourth-order valence-electron chi connectivity index (χ4n) is 2.98. The van der Waals surface area contributed by atoms with Crippen LogP contribution in [0.2, 0.25) is 0 Å². The molecule has 2 aromatic carbocycles. The minimum absolute atomic E-state index is 0.118. The Morgan fingerprint density at radius 1 is 0.964 bits per heavy atom. The average Bonchev–Trinajstić information content (AvgIpc) is 2.77. The summed E-state index contributed by atoms with van der Waals surface area (Å²) in [4.78, 5) is 12.6. The molecule has 0 bridgehead atoms. The van der Waals surface area contributed by atoms with Crippen LogP contribution in [0, 0.1) is 0 Å². The van der Waals surface area contributed by atoms with Crippen LogP contribution in [0.25, 0.3) is 0 Å². The van der Waals surface area contributed by atoms with Gasteiger partial charge in [-0.15, -0.1) is 23.5 Å². The monoisotopic (exact) mass is 419 g/mol. The zero-order chi connectivity index (χ0) is 19.9. The number of rotatable bonds is 7. The van der Waals surface area contributed by atoms with Crippen molar-refractivity contribution in [3.63, 3.8) is 0 Å². The van der Waals surface area contributed by atoms with Crippen LogP contribution in [0.4, 0.5) is 0 Å². The minimum atomic E-state index is -0.118. The van der Waals surface area contributed by atoms with Crippen LogP contribution in [0.5, 0.6) is 17.2 Å². The van der Waals surface area contributed by atoms with Crippen LogP contribution >= 0.6 is 23.5 Å². The van der Waals surface area contributed by atoms with Gasteiger partial charge in [-0.05, 0) is 41.7 Å². The molecule has 1 aliphatic heterocycles. The molecular formula is C21H25NO4S2. The van der Waals surface area contributed by atoms with Gasteiger partial charge in [0.1, 0.15) is 5.75 Å². The third kappa shape index (κ3) is 4.89. The van der Waals surface area contributed by atoms with Gasteiger partial charge < -0.3 is 19.5 Å². The van der Waals surface area contributed by atoms with E-state index in [4.69, 9.17) is 14.2 Å². The van der Waals surface area contributed by atoms with Crippen LogP contribution < -0.4 is 19.5 Å². The Morgan fingerprint density at radius 3 is 2.18 bits per heavy atom. The summed E-state index contributed by atoms with van der Waals surface area (Å²) in [6, 6.07) is 11.5. The highest BCUT2D eigenvalue weighted by Crippen LogP contribution is 2.43. The lowest BCUT2D eigenvalue weighted by Gasteiger charge is -2.21. The highest BCUT2D eigenvalue weighted by atomic mass is 32.2. The third-order valence-electron chi connectivity index (χ3n) is 4.50. The van der Waals surface area contributed by atoms with Crippen molar-refractivity contribution >= 4 is 29.4 Å². The van der Waals surface area contributed by atoms with Crippen LogP contribution in [0.1, 0.15) is 32.5 Å². The second-order valence-electron chi connectivity index (χ2n) is 6.25. The zero-order valence-corrected chi connectivity index (χ0v) is 18.0. The van der Waals surface area contributed by atoms with Gasteiger partial charge in [0, 0.05) is 23.7 Å². The first kappa shape index (κ1) is 20.7. The molecule has 0 aromatic heterocycles. The standard InChI is InChI=1S/C21H25NO4S2/c1-24-17-12-19(26-3)18(25-2)11-16(17)13-22-20(23)14-5-7-15(8-6-14)21-27-9-4-10-28-21/h5-8,11-12,21H,4,9-10,13H2,1-3H3,(H,22,23). The van der Waals surface area contributed by atoms with E-state index in [0.29, 0.717) is 33.9 Å². The predicted molar refractivity (Wildman–Crippen MR) is 116 cm³/mol.